The molecule has 1 N–H and O–H groups in total. The third-order valence-corrected chi connectivity index (χ3v) is 6.99. The molecule has 1 aromatic carbocycles. The van der Waals surface area contributed by atoms with E-state index in [0.717, 1.165) is 12.3 Å². The van der Waals surface area contributed by atoms with Crippen LogP contribution in [0.3, 0.4) is 0 Å². The Morgan fingerprint density at radius 2 is 1.81 bits per heavy atom. The van der Waals surface area contributed by atoms with E-state index in [4.69, 9.17) is 0 Å². The predicted molar refractivity (Wildman–Crippen MR) is 122 cm³/mol. The maximum absolute atomic E-state index is 14.4. The normalized spacial score (nSPS) is 13.1. The summed E-state index contributed by atoms with van der Waals surface area (Å²) in [4.78, 5) is 12.2. The lowest BCUT2D eigenvalue weighted by Gasteiger charge is -2.17. The number of aryl methyl sites for hydroxylation is 2. The van der Waals surface area contributed by atoms with E-state index in [1.165, 1.54) is 30.6 Å². The topological polar surface area (TPSA) is 114 Å². The van der Waals surface area contributed by atoms with Gasteiger partial charge in [-0.3, -0.25) is 14.5 Å². The number of pyridine rings is 1. The smallest absolute Gasteiger partial charge is 0.290 e. The summed E-state index contributed by atoms with van der Waals surface area (Å²) in [5, 5.41) is 10.2. The molecule has 0 bridgehead atoms. The van der Waals surface area contributed by atoms with Crippen LogP contribution in [-0.2, 0) is 10.0 Å². The first-order chi connectivity index (χ1) is 16.8. The van der Waals surface area contributed by atoms with Gasteiger partial charge in [0.2, 0.25) is 10.0 Å². The second-order valence-corrected chi connectivity index (χ2v) is 9.78. The van der Waals surface area contributed by atoms with Crippen LogP contribution in [0.5, 0.6) is 0 Å². The lowest BCUT2D eigenvalue weighted by atomic mass is 10.1. The van der Waals surface area contributed by atoms with Crippen LogP contribution in [0.4, 0.5) is 17.6 Å². The van der Waals surface area contributed by atoms with Crippen LogP contribution in [0.1, 0.15) is 23.7 Å². The van der Waals surface area contributed by atoms with Crippen LogP contribution in [0.25, 0.3) is 28.1 Å². The molecule has 36 heavy (non-hydrogen) atoms. The fraction of sp³-hybridized carbons (Fsp3) is 0.217. The molecule has 0 radical (unpaired) electrons. The number of aromatic nitrogens is 4. The standard InChI is InChI=1S/C23H18F4N6O2S/c1-12-6-20-16(7-18(12)24)17(8-28)22(33(20)21-11-29-13(2)9-31-21)19-5-4-15(10-30-19)36(34,35)32-14(3)23(25,26)27/h4-7,9-11,14,32H,1-3H3. The average Bonchev–Trinajstić information content (AvgIpc) is 3.12. The molecule has 3 heterocycles. The Labute approximate surface area is 203 Å². The molecule has 0 spiro atoms. The van der Waals surface area contributed by atoms with Crippen LogP contribution in [0, 0.1) is 31.0 Å². The van der Waals surface area contributed by atoms with E-state index < -0.39 is 33.0 Å². The van der Waals surface area contributed by atoms with E-state index in [9.17, 15) is 31.2 Å². The van der Waals surface area contributed by atoms with Crippen LogP contribution >= 0.6 is 0 Å². The lowest BCUT2D eigenvalue weighted by molar-refractivity contribution is -0.147. The molecule has 186 valence electrons. The van der Waals surface area contributed by atoms with Gasteiger partial charge in [0.1, 0.15) is 22.8 Å². The van der Waals surface area contributed by atoms with Crippen molar-refractivity contribution >= 4 is 20.9 Å². The molecule has 4 rings (SSSR count). The molecule has 0 saturated heterocycles. The molecule has 0 saturated carbocycles. The Kier molecular flexibility index (Phi) is 6.27. The Hall–Kier alpha value is -3.89. The van der Waals surface area contributed by atoms with Crippen LogP contribution in [0.2, 0.25) is 0 Å². The van der Waals surface area contributed by atoms with E-state index in [0.29, 0.717) is 29.5 Å². The van der Waals surface area contributed by atoms with Crippen LogP contribution < -0.4 is 4.72 Å². The van der Waals surface area contributed by atoms with Crippen LogP contribution in [0.15, 0.2) is 47.8 Å². The zero-order valence-electron chi connectivity index (χ0n) is 19.1. The molecule has 0 amide bonds. The third-order valence-electron chi connectivity index (χ3n) is 5.47. The van der Waals surface area contributed by atoms with Crippen molar-refractivity contribution in [3.05, 3.63) is 65.5 Å². The number of nitriles is 1. The number of nitrogens with zero attached hydrogens (tertiary/aromatic N) is 5. The van der Waals surface area contributed by atoms with Gasteiger partial charge in [-0.05, 0) is 50.6 Å². The summed E-state index contributed by atoms with van der Waals surface area (Å²) < 4.78 is 80.9. The van der Waals surface area contributed by atoms with Gasteiger partial charge in [-0.25, -0.2) is 17.8 Å². The van der Waals surface area contributed by atoms with E-state index in [1.807, 2.05) is 6.07 Å². The summed E-state index contributed by atoms with van der Waals surface area (Å²) in [6.07, 6.45) is -0.925. The van der Waals surface area contributed by atoms with Gasteiger partial charge in [0.25, 0.3) is 0 Å². The number of hydrogen-bond donors (Lipinski definition) is 1. The van der Waals surface area contributed by atoms with Gasteiger partial charge in [0.15, 0.2) is 5.82 Å². The van der Waals surface area contributed by atoms with Gasteiger partial charge in [-0.15, -0.1) is 0 Å². The van der Waals surface area contributed by atoms with Crippen molar-refractivity contribution in [2.24, 2.45) is 0 Å². The van der Waals surface area contributed by atoms with Gasteiger partial charge in [0.05, 0.1) is 40.6 Å². The fourth-order valence-corrected chi connectivity index (χ4v) is 4.73. The summed E-state index contributed by atoms with van der Waals surface area (Å²) in [5.74, 6) is -0.232. The zero-order chi connectivity index (χ0) is 26.4. The molecule has 1 atom stereocenters. The highest BCUT2D eigenvalue weighted by atomic mass is 32.2. The van der Waals surface area contributed by atoms with Gasteiger partial charge >= 0.3 is 6.18 Å². The maximum Gasteiger partial charge on any atom is 0.404 e. The Bertz CT molecular complexity index is 1610. The fourth-order valence-electron chi connectivity index (χ4n) is 3.55. The van der Waals surface area contributed by atoms with Gasteiger partial charge in [-0.2, -0.15) is 23.2 Å². The molecular weight excluding hydrogens is 500 g/mol. The average molecular weight is 518 g/mol. The van der Waals surface area contributed by atoms with Crippen molar-refractivity contribution in [2.75, 3.05) is 0 Å². The molecule has 0 fully saturated rings. The molecule has 1 unspecified atom stereocenters. The first-order valence-electron chi connectivity index (χ1n) is 10.4. The Balaban J connectivity index is 1.91. The molecule has 13 heteroatoms. The minimum Gasteiger partial charge on any atom is -0.290 e. The number of fused-ring (bicyclic) bond motifs is 1. The van der Waals surface area contributed by atoms with Crippen molar-refractivity contribution in [1.82, 2.24) is 24.2 Å². The van der Waals surface area contributed by atoms with Crippen molar-refractivity contribution in [2.45, 2.75) is 37.9 Å². The summed E-state index contributed by atoms with van der Waals surface area (Å²) in [5.41, 5.74) is 1.75. The molecule has 0 aliphatic rings. The minimum absolute atomic E-state index is 0.0539. The van der Waals surface area contributed by atoms with Gasteiger partial charge in [0, 0.05) is 11.6 Å². The SMILES string of the molecule is Cc1cnc(-n2c(-c3ccc(S(=O)(=O)NC(C)C(F)(F)F)cn3)c(C#N)c3cc(F)c(C)cc32)cn1. The lowest BCUT2D eigenvalue weighted by Crippen LogP contribution is -2.42. The minimum atomic E-state index is -4.77. The summed E-state index contributed by atoms with van der Waals surface area (Å²) in [6.45, 7) is 3.98. The Morgan fingerprint density at radius 3 is 2.36 bits per heavy atom. The molecule has 0 aliphatic heterocycles. The van der Waals surface area contributed by atoms with E-state index in [-0.39, 0.29) is 22.3 Å². The van der Waals surface area contributed by atoms with Crippen LogP contribution in [-0.4, -0.2) is 40.2 Å². The number of hydrogen-bond acceptors (Lipinski definition) is 6. The predicted octanol–water partition coefficient (Wildman–Crippen LogP) is 4.34. The molecule has 0 aliphatic carbocycles. The third kappa shape index (κ3) is 4.52. The van der Waals surface area contributed by atoms with E-state index in [1.54, 1.807) is 23.1 Å². The van der Waals surface area contributed by atoms with Crippen molar-refractivity contribution < 1.29 is 26.0 Å². The second kappa shape index (κ2) is 8.96. The first kappa shape index (κ1) is 25.2. The number of halogens is 4. The van der Waals surface area contributed by atoms with Crippen molar-refractivity contribution in [1.29, 1.82) is 5.26 Å². The number of sulfonamides is 1. The summed E-state index contributed by atoms with van der Waals surface area (Å²) in [6, 6.07) is 4.81. The second-order valence-electron chi connectivity index (χ2n) is 8.07. The molecular formula is C23H18F4N6O2S. The maximum atomic E-state index is 14.4. The first-order valence-corrected chi connectivity index (χ1v) is 11.9. The number of rotatable bonds is 5. The highest BCUT2D eigenvalue weighted by molar-refractivity contribution is 7.89. The Morgan fingerprint density at radius 1 is 1.08 bits per heavy atom. The zero-order valence-corrected chi connectivity index (χ0v) is 19.9. The molecule has 8 nitrogen and oxygen atoms in total. The van der Waals surface area contributed by atoms with Crippen molar-refractivity contribution in [3.63, 3.8) is 0 Å². The number of alkyl halides is 3. The quantitative estimate of drug-likeness (QED) is 0.393. The largest absolute Gasteiger partial charge is 0.404 e. The van der Waals surface area contributed by atoms with E-state index in [2.05, 4.69) is 15.0 Å². The number of nitrogens with one attached hydrogen (secondary N) is 1. The van der Waals surface area contributed by atoms with Gasteiger partial charge in [-0.1, -0.05) is 0 Å². The monoisotopic (exact) mass is 518 g/mol. The van der Waals surface area contributed by atoms with Crippen molar-refractivity contribution in [3.8, 4) is 23.3 Å². The highest BCUT2D eigenvalue weighted by Gasteiger charge is 2.39. The van der Waals surface area contributed by atoms with E-state index >= 15 is 0 Å². The summed E-state index contributed by atoms with van der Waals surface area (Å²) in [7, 11) is -4.54. The summed E-state index contributed by atoms with van der Waals surface area (Å²) >= 11 is 0. The number of benzene rings is 1. The highest BCUT2D eigenvalue weighted by Crippen LogP contribution is 2.36. The molecule has 3 aromatic heterocycles. The molecule has 4 aromatic rings. The van der Waals surface area contributed by atoms with Gasteiger partial charge < -0.3 is 0 Å².